The van der Waals surface area contributed by atoms with E-state index in [2.05, 4.69) is 9.71 Å². The van der Waals surface area contributed by atoms with Crippen molar-refractivity contribution in [2.24, 2.45) is 0 Å². The molecule has 2 rings (SSSR count). The highest BCUT2D eigenvalue weighted by Gasteiger charge is 2.17. The molecule has 0 fully saturated rings. The van der Waals surface area contributed by atoms with Gasteiger partial charge in [-0.1, -0.05) is 12.1 Å². The van der Waals surface area contributed by atoms with Crippen LogP contribution in [0.25, 0.3) is 0 Å². The molecule has 2 N–H and O–H groups in total. The van der Waals surface area contributed by atoms with Crippen LogP contribution in [0.15, 0.2) is 47.9 Å². The monoisotopic (exact) mass is 295 g/mol. The minimum absolute atomic E-state index is 0.106. The molecular formula is C13H17N3O3S. The van der Waals surface area contributed by atoms with E-state index in [1.807, 2.05) is 4.57 Å². The Labute approximate surface area is 118 Å². The molecule has 7 heteroatoms. The van der Waals surface area contributed by atoms with E-state index in [9.17, 15) is 8.42 Å². The second-order valence-electron chi connectivity index (χ2n) is 4.58. The summed E-state index contributed by atoms with van der Waals surface area (Å²) in [7, 11) is -3.55. The molecule has 0 bridgehead atoms. The average Bonchev–Trinajstić information content (AvgIpc) is 2.91. The maximum Gasteiger partial charge on any atom is 0.240 e. The van der Waals surface area contributed by atoms with Crippen molar-refractivity contribution < 1.29 is 13.5 Å². The summed E-state index contributed by atoms with van der Waals surface area (Å²) in [5.41, 5.74) is 0.676. The Morgan fingerprint density at radius 1 is 1.35 bits per heavy atom. The zero-order valence-electron chi connectivity index (χ0n) is 11.1. The van der Waals surface area contributed by atoms with Gasteiger partial charge in [-0.2, -0.15) is 0 Å². The Bertz CT molecular complexity index is 636. The predicted octanol–water partition coefficient (Wildman–Crippen LogP) is 0.742. The number of rotatable bonds is 6. The fraction of sp³-hybridized carbons (Fsp3) is 0.308. The van der Waals surface area contributed by atoms with Crippen molar-refractivity contribution in [1.29, 1.82) is 0 Å². The van der Waals surface area contributed by atoms with Gasteiger partial charge in [0.1, 0.15) is 0 Å². The quantitative estimate of drug-likeness (QED) is 0.823. The molecule has 0 saturated heterocycles. The summed E-state index contributed by atoms with van der Waals surface area (Å²) in [6.45, 7) is 2.19. The first-order chi connectivity index (χ1) is 9.51. The number of aromatic nitrogens is 2. The van der Waals surface area contributed by atoms with E-state index < -0.39 is 10.0 Å². The number of nitrogens with zero attached hydrogens (tertiary/aromatic N) is 2. The van der Waals surface area contributed by atoms with Crippen LogP contribution in [0.5, 0.6) is 0 Å². The van der Waals surface area contributed by atoms with E-state index in [1.165, 1.54) is 12.1 Å². The molecule has 0 radical (unpaired) electrons. The van der Waals surface area contributed by atoms with Crippen LogP contribution in [0.3, 0.4) is 0 Å². The van der Waals surface area contributed by atoms with Crippen molar-refractivity contribution in [1.82, 2.24) is 14.3 Å². The number of sulfonamides is 1. The zero-order chi connectivity index (χ0) is 14.6. The van der Waals surface area contributed by atoms with E-state index in [0.29, 0.717) is 12.1 Å². The summed E-state index contributed by atoms with van der Waals surface area (Å²) in [4.78, 5) is 4.10. The first kappa shape index (κ1) is 14.7. The van der Waals surface area contributed by atoms with Crippen molar-refractivity contribution in [2.75, 3.05) is 0 Å². The average molecular weight is 295 g/mol. The van der Waals surface area contributed by atoms with E-state index >= 15 is 0 Å². The number of aliphatic hydroxyl groups excluding tert-OH is 1. The summed E-state index contributed by atoms with van der Waals surface area (Å²) >= 11 is 0. The normalized spacial score (nSPS) is 13.3. The maximum atomic E-state index is 12.2. The largest absolute Gasteiger partial charge is 0.392 e. The van der Waals surface area contributed by atoms with Gasteiger partial charge in [-0.05, 0) is 24.6 Å². The summed E-state index contributed by atoms with van der Waals surface area (Å²) in [6, 6.07) is 5.89. The van der Waals surface area contributed by atoms with E-state index in [4.69, 9.17) is 5.11 Å². The Balaban J connectivity index is 2.05. The highest BCUT2D eigenvalue weighted by atomic mass is 32.2. The fourth-order valence-electron chi connectivity index (χ4n) is 1.86. The van der Waals surface area contributed by atoms with Crippen LogP contribution in [0, 0.1) is 0 Å². The number of nitrogens with one attached hydrogen (secondary N) is 1. The Hall–Kier alpha value is -1.70. The van der Waals surface area contributed by atoms with E-state index in [0.717, 1.165) is 0 Å². The summed E-state index contributed by atoms with van der Waals surface area (Å²) < 4.78 is 28.8. The molecule has 0 saturated carbocycles. The first-order valence-electron chi connectivity index (χ1n) is 6.19. The molecule has 0 spiro atoms. The predicted molar refractivity (Wildman–Crippen MR) is 74.4 cm³/mol. The van der Waals surface area contributed by atoms with Gasteiger partial charge in [0.05, 0.1) is 17.8 Å². The highest BCUT2D eigenvalue weighted by Crippen LogP contribution is 2.11. The van der Waals surface area contributed by atoms with Gasteiger partial charge >= 0.3 is 0 Å². The van der Waals surface area contributed by atoms with Crippen LogP contribution in [0.2, 0.25) is 0 Å². The van der Waals surface area contributed by atoms with Crippen molar-refractivity contribution in [3.8, 4) is 0 Å². The smallest absolute Gasteiger partial charge is 0.240 e. The molecule has 0 amide bonds. The van der Waals surface area contributed by atoms with Gasteiger partial charge in [0.25, 0.3) is 0 Å². The molecular weight excluding hydrogens is 278 g/mol. The Kier molecular flexibility index (Phi) is 4.53. The van der Waals surface area contributed by atoms with Crippen molar-refractivity contribution in [3.05, 3.63) is 48.5 Å². The Morgan fingerprint density at radius 3 is 2.60 bits per heavy atom. The maximum absolute atomic E-state index is 12.2. The molecule has 108 valence electrons. The molecule has 6 nitrogen and oxygen atoms in total. The molecule has 1 aromatic heterocycles. The zero-order valence-corrected chi connectivity index (χ0v) is 11.9. The van der Waals surface area contributed by atoms with Gasteiger partial charge in [-0.3, -0.25) is 0 Å². The summed E-state index contributed by atoms with van der Waals surface area (Å²) in [5.74, 6) is 0. The van der Waals surface area contributed by atoms with Gasteiger partial charge < -0.3 is 9.67 Å². The van der Waals surface area contributed by atoms with Gasteiger partial charge in [0, 0.05) is 25.0 Å². The van der Waals surface area contributed by atoms with Gasteiger partial charge in [0.2, 0.25) is 10.0 Å². The van der Waals surface area contributed by atoms with Crippen molar-refractivity contribution >= 4 is 10.0 Å². The lowest BCUT2D eigenvalue weighted by molar-refractivity contribution is 0.282. The first-order valence-corrected chi connectivity index (χ1v) is 7.67. The number of aliphatic hydroxyl groups is 1. The van der Waals surface area contributed by atoms with Crippen LogP contribution >= 0.6 is 0 Å². The van der Waals surface area contributed by atoms with E-state index in [1.54, 1.807) is 37.8 Å². The summed E-state index contributed by atoms with van der Waals surface area (Å²) in [6.07, 6.45) is 5.07. The lowest BCUT2D eigenvalue weighted by Gasteiger charge is -2.14. The van der Waals surface area contributed by atoms with Gasteiger partial charge in [-0.15, -0.1) is 0 Å². The van der Waals surface area contributed by atoms with Crippen LogP contribution in [0.1, 0.15) is 12.5 Å². The third-order valence-corrected chi connectivity index (χ3v) is 4.42. The SMILES string of the molecule is CC(Cn1ccnc1)NS(=O)(=O)c1ccc(CO)cc1. The highest BCUT2D eigenvalue weighted by molar-refractivity contribution is 7.89. The topological polar surface area (TPSA) is 84.2 Å². The van der Waals surface area contributed by atoms with Crippen LogP contribution < -0.4 is 4.72 Å². The molecule has 20 heavy (non-hydrogen) atoms. The minimum atomic E-state index is -3.55. The molecule has 0 aliphatic carbocycles. The molecule has 1 heterocycles. The molecule has 0 aliphatic rings. The third kappa shape index (κ3) is 3.66. The van der Waals surface area contributed by atoms with Crippen LogP contribution in [0.4, 0.5) is 0 Å². The standard InChI is InChI=1S/C13H17N3O3S/c1-11(8-16-7-6-14-10-16)15-20(18,19)13-4-2-12(9-17)3-5-13/h2-7,10-11,15,17H,8-9H2,1H3. The third-order valence-electron chi connectivity index (χ3n) is 2.82. The molecule has 2 aromatic rings. The van der Waals surface area contributed by atoms with Crippen molar-refractivity contribution in [3.63, 3.8) is 0 Å². The van der Waals surface area contributed by atoms with Gasteiger partial charge in [-0.25, -0.2) is 18.1 Å². The Morgan fingerprint density at radius 2 is 2.05 bits per heavy atom. The molecule has 1 atom stereocenters. The lowest BCUT2D eigenvalue weighted by Crippen LogP contribution is -2.35. The number of hydrogen-bond donors (Lipinski definition) is 2. The van der Waals surface area contributed by atoms with E-state index in [-0.39, 0.29) is 17.5 Å². The second kappa shape index (κ2) is 6.17. The number of imidazole rings is 1. The summed E-state index contributed by atoms with van der Waals surface area (Å²) in [5, 5.41) is 8.95. The van der Waals surface area contributed by atoms with Crippen molar-refractivity contribution in [2.45, 2.75) is 31.0 Å². The lowest BCUT2D eigenvalue weighted by atomic mass is 10.2. The van der Waals surface area contributed by atoms with Crippen LogP contribution in [-0.4, -0.2) is 29.1 Å². The van der Waals surface area contributed by atoms with Crippen LogP contribution in [-0.2, 0) is 23.2 Å². The fourth-order valence-corrected chi connectivity index (χ4v) is 3.09. The number of hydrogen-bond acceptors (Lipinski definition) is 4. The molecule has 1 aromatic carbocycles. The number of benzene rings is 1. The molecule has 1 unspecified atom stereocenters. The second-order valence-corrected chi connectivity index (χ2v) is 6.30. The molecule has 0 aliphatic heterocycles. The van der Waals surface area contributed by atoms with Gasteiger partial charge in [0.15, 0.2) is 0 Å². The minimum Gasteiger partial charge on any atom is -0.392 e.